The molecule has 122 valence electrons. The first-order valence-electron chi connectivity index (χ1n) is 7.37. The number of nitrogens with zero attached hydrogens (tertiary/aromatic N) is 2. The van der Waals surface area contributed by atoms with Gasteiger partial charge in [-0.2, -0.15) is 18.3 Å². The summed E-state index contributed by atoms with van der Waals surface area (Å²) in [4.78, 5) is 14.3. The maximum Gasteiger partial charge on any atom is 0.416 e. The van der Waals surface area contributed by atoms with E-state index in [0.717, 1.165) is 25.0 Å². The van der Waals surface area contributed by atoms with E-state index >= 15 is 0 Å². The lowest BCUT2D eigenvalue weighted by Crippen LogP contribution is -2.36. The van der Waals surface area contributed by atoms with Gasteiger partial charge in [-0.3, -0.25) is 9.89 Å². The lowest BCUT2D eigenvalue weighted by molar-refractivity contribution is -0.137. The van der Waals surface area contributed by atoms with Crippen LogP contribution in [-0.2, 0) is 6.18 Å². The molecule has 1 atom stereocenters. The molecule has 0 radical (unpaired) electrons. The number of nitrogens with one attached hydrogen (secondary N) is 1. The molecular formula is C16H16F3N3O. The molecule has 1 aliphatic rings. The number of amides is 1. The van der Waals surface area contributed by atoms with E-state index in [0.29, 0.717) is 11.3 Å². The van der Waals surface area contributed by atoms with Crippen LogP contribution in [0.15, 0.2) is 36.5 Å². The number of halogens is 3. The lowest BCUT2D eigenvalue weighted by atomic mass is 10.0. The normalized spacial score (nSPS) is 16.2. The van der Waals surface area contributed by atoms with E-state index in [2.05, 4.69) is 10.2 Å². The Morgan fingerprint density at radius 2 is 2.09 bits per heavy atom. The predicted octanol–water partition coefficient (Wildman–Crippen LogP) is 3.79. The van der Waals surface area contributed by atoms with Crippen molar-refractivity contribution in [3.63, 3.8) is 0 Å². The maximum atomic E-state index is 12.9. The first-order valence-corrected chi connectivity index (χ1v) is 7.37. The second-order valence-electron chi connectivity index (χ2n) is 5.71. The van der Waals surface area contributed by atoms with Gasteiger partial charge in [0.1, 0.15) is 5.69 Å². The van der Waals surface area contributed by atoms with Crippen molar-refractivity contribution in [3.05, 3.63) is 53.3 Å². The second kappa shape index (κ2) is 5.72. The Morgan fingerprint density at radius 3 is 2.65 bits per heavy atom. The fourth-order valence-electron chi connectivity index (χ4n) is 2.66. The third kappa shape index (κ3) is 3.23. The van der Waals surface area contributed by atoms with Gasteiger partial charge in [-0.1, -0.05) is 12.1 Å². The van der Waals surface area contributed by atoms with Gasteiger partial charge in [0.15, 0.2) is 0 Å². The Bertz CT molecular complexity index is 693. The minimum atomic E-state index is -4.40. The van der Waals surface area contributed by atoms with Gasteiger partial charge in [0.25, 0.3) is 5.91 Å². The minimum Gasteiger partial charge on any atom is -0.328 e. The van der Waals surface area contributed by atoms with Crippen LogP contribution in [0.2, 0.25) is 0 Å². The maximum absolute atomic E-state index is 12.9. The molecule has 7 heteroatoms. The van der Waals surface area contributed by atoms with Gasteiger partial charge in [-0.15, -0.1) is 0 Å². The summed E-state index contributed by atoms with van der Waals surface area (Å²) >= 11 is 0. The van der Waals surface area contributed by atoms with Crippen molar-refractivity contribution in [2.24, 2.45) is 0 Å². The highest BCUT2D eigenvalue weighted by atomic mass is 19.4. The molecule has 0 aliphatic heterocycles. The highest BCUT2D eigenvalue weighted by Gasteiger charge is 2.38. The molecule has 2 aromatic rings. The van der Waals surface area contributed by atoms with E-state index in [-0.39, 0.29) is 11.9 Å². The molecule has 1 fully saturated rings. The number of aromatic nitrogens is 2. The minimum absolute atomic E-state index is 0.0651. The molecule has 23 heavy (non-hydrogen) atoms. The summed E-state index contributed by atoms with van der Waals surface area (Å²) in [5.74, 6) is -0.241. The number of hydrogen-bond donors (Lipinski definition) is 1. The Kier molecular flexibility index (Phi) is 3.87. The largest absolute Gasteiger partial charge is 0.416 e. The molecule has 1 aliphatic carbocycles. The SMILES string of the molecule is C[C@H](c1cccc(C(F)(F)F)c1)N(C(=O)c1ccn[nH]1)C1CC1. The molecule has 0 bridgehead atoms. The van der Waals surface area contributed by atoms with Crippen molar-refractivity contribution >= 4 is 5.91 Å². The zero-order chi connectivity index (χ0) is 16.6. The number of alkyl halides is 3. The zero-order valence-corrected chi connectivity index (χ0v) is 12.5. The average molecular weight is 323 g/mol. The highest BCUT2D eigenvalue weighted by molar-refractivity contribution is 5.92. The number of hydrogen-bond acceptors (Lipinski definition) is 2. The van der Waals surface area contributed by atoms with Crippen LogP contribution in [0.5, 0.6) is 0 Å². The number of carbonyl (C=O) groups excluding carboxylic acids is 1. The molecule has 0 unspecified atom stereocenters. The molecule has 1 aromatic carbocycles. The van der Waals surface area contributed by atoms with Crippen LogP contribution < -0.4 is 0 Å². The van der Waals surface area contributed by atoms with Crippen LogP contribution in [0.1, 0.15) is 47.4 Å². The van der Waals surface area contributed by atoms with Crippen LogP contribution in [0.25, 0.3) is 0 Å². The topological polar surface area (TPSA) is 49.0 Å². The molecule has 0 spiro atoms. The Balaban J connectivity index is 1.90. The van der Waals surface area contributed by atoms with Gasteiger partial charge in [-0.25, -0.2) is 0 Å². The zero-order valence-electron chi connectivity index (χ0n) is 12.5. The van der Waals surface area contributed by atoms with Crippen LogP contribution >= 0.6 is 0 Å². The number of carbonyl (C=O) groups is 1. The number of aromatic amines is 1. The first kappa shape index (κ1) is 15.6. The van der Waals surface area contributed by atoms with Crippen LogP contribution in [-0.4, -0.2) is 27.0 Å². The quantitative estimate of drug-likeness (QED) is 0.930. The fourth-order valence-corrected chi connectivity index (χ4v) is 2.66. The van der Waals surface area contributed by atoms with Crippen molar-refractivity contribution in [1.29, 1.82) is 0 Å². The van der Waals surface area contributed by atoms with Crippen molar-refractivity contribution in [1.82, 2.24) is 15.1 Å². The molecule has 1 aromatic heterocycles. The fraction of sp³-hybridized carbons (Fsp3) is 0.375. The van der Waals surface area contributed by atoms with Gasteiger partial charge in [-0.05, 0) is 43.5 Å². The number of benzene rings is 1. The highest BCUT2D eigenvalue weighted by Crippen LogP contribution is 2.37. The molecule has 1 saturated carbocycles. The number of H-pyrrole nitrogens is 1. The summed E-state index contributed by atoms with van der Waals surface area (Å²) in [7, 11) is 0. The Morgan fingerprint density at radius 1 is 1.35 bits per heavy atom. The lowest BCUT2D eigenvalue weighted by Gasteiger charge is -2.29. The molecule has 1 heterocycles. The van der Waals surface area contributed by atoms with E-state index < -0.39 is 17.8 Å². The van der Waals surface area contributed by atoms with Crippen LogP contribution in [0, 0.1) is 0 Å². The molecule has 0 saturated heterocycles. The molecule has 1 amide bonds. The summed E-state index contributed by atoms with van der Waals surface area (Å²) in [6.07, 6.45) is -1.19. The summed E-state index contributed by atoms with van der Waals surface area (Å²) < 4.78 is 38.7. The molecule has 3 rings (SSSR count). The van der Waals surface area contributed by atoms with Crippen molar-refractivity contribution in [2.75, 3.05) is 0 Å². The van der Waals surface area contributed by atoms with Gasteiger partial charge < -0.3 is 4.90 Å². The van der Waals surface area contributed by atoms with E-state index in [4.69, 9.17) is 0 Å². The summed E-state index contributed by atoms with van der Waals surface area (Å²) in [6.45, 7) is 1.75. The van der Waals surface area contributed by atoms with Crippen LogP contribution in [0.3, 0.4) is 0 Å². The Labute approximate surface area is 131 Å². The summed E-state index contributed by atoms with van der Waals surface area (Å²) in [5, 5.41) is 6.38. The van der Waals surface area contributed by atoms with E-state index in [9.17, 15) is 18.0 Å². The standard InChI is InChI=1S/C16H16F3N3O/c1-10(11-3-2-4-12(9-11)16(17,18)19)22(13-5-6-13)15(23)14-7-8-20-21-14/h2-4,7-10,13H,5-6H2,1H3,(H,20,21)/t10-/m1/s1. The van der Waals surface area contributed by atoms with E-state index in [1.807, 2.05) is 0 Å². The molecular weight excluding hydrogens is 307 g/mol. The van der Waals surface area contributed by atoms with Gasteiger partial charge >= 0.3 is 6.18 Å². The van der Waals surface area contributed by atoms with Crippen molar-refractivity contribution in [3.8, 4) is 0 Å². The summed E-state index contributed by atoms with van der Waals surface area (Å²) in [5.41, 5.74) is 0.113. The van der Waals surface area contributed by atoms with Crippen molar-refractivity contribution < 1.29 is 18.0 Å². The molecule has 4 nitrogen and oxygen atoms in total. The number of rotatable bonds is 4. The van der Waals surface area contributed by atoms with Gasteiger partial charge in [0.05, 0.1) is 11.6 Å². The average Bonchev–Trinajstić information content (AvgIpc) is 3.18. The van der Waals surface area contributed by atoms with Crippen LogP contribution in [0.4, 0.5) is 13.2 Å². The third-order valence-corrected chi connectivity index (χ3v) is 4.02. The first-order chi connectivity index (χ1) is 10.9. The van der Waals surface area contributed by atoms with Gasteiger partial charge in [0, 0.05) is 12.2 Å². The molecule has 1 N–H and O–H groups in total. The van der Waals surface area contributed by atoms with E-state index in [1.54, 1.807) is 24.0 Å². The monoisotopic (exact) mass is 323 g/mol. The Hall–Kier alpha value is -2.31. The smallest absolute Gasteiger partial charge is 0.328 e. The second-order valence-corrected chi connectivity index (χ2v) is 5.71. The third-order valence-electron chi connectivity index (χ3n) is 4.02. The van der Waals surface area contributed by atoms with E-state index in [1.165, 1.54) is 12.3 Å². The summed E-state index contributed by atoms with van der Waals surface area (Å²) in [6, 6.07) is 6.33. The van der Waals surface area contributed by atoms with Crippen molar-refractivity contribution in [2.45, 2.75) is 38.0 Å². The van der Waals surface area contributed by atoms with Gasteiger partial charge in [0.2, 0.25) is 0 Å². The predicted molar refractivity (Wildman–Crippen MR) is 77.6 cm³/mol.